The summed E-state index contributed by atoms with van der Waals surface area (Å²) in [6.07, 6.45) is 5.49. The molecule has 2 N–H and O–H groups in total. The molecule has 1 aromatic carbocycles. The standard InChI is InChI=1S/C23H37N5O2.HI/c1-24-23(25-16-18-7-6-10-21(15-18)30-14-13-27(2)3)26-20-11-12-28(17-20)22(29)19-8-4-5-9-19;/h6-7,10,15,19-20H,4-5,8-9,11-14,16-17H2,1-3H3,(H2,24,25,26);1H. The highest BCUT2D eigenvalue weighted by atomic mass is 127. The Balaban J connectivity index is 0.00000341. The Bertz CT molecular complexity index is 722. The zero-order chi connectivity index (χ0) is 21.3. The van der Waals surface area contributed by atoms with Crippen LogP contribution in [0.1, 0.15) is 37.7 Å². The van der Waals surface area contributed by atoms with Gasteiger partial charge in [-0.25, -0.2) is 0 Å². The van der Waals surface area contributed by atoms with E-state index in [1.165, 1.54) is 12.8 Å². The summed E-state index contributed by atoms with van der Waals surface area (Å²) in [6, 6.07) is 8.40. The first-order valence-corrected chi connectivity index (χ1v) is 11.2. The van der Waals surface area contributed by atoms with Gasteiger partial charge in [-0.2, -0.15) is 0 Å². The zero-order valence-corrected chi connectivity index (χ0v) is 21.4. The average molecular weight is 543 g/mol. The Kier molecular flexibility index (Phi) is 10.9. The Morgan fingerprint density at radius 3 is 2.74 bits per heavy atom. The maximum atomic E-state index is 12.6. The summed E-state index contributed by atoms with van der Waals surface area (Å²) in [5.74, 6) is 2.27. The monoisotopic (exact) mass is 543 g/mol. The predicted molar refractivity (Wildman–Crippen MR) is 136 cm³/mol. The third kappa shape index (κ3) is 8.14. The van der Waals surface area contributed by atoms with Gasteiger partial charge in [-0.3, -0.25) is 9.79 Å². The van der Waals surface area contributed by atoms with Crippen LogP contribution in [0.15, 0.2) is 29.3 Å². The van der Waals surface area contributed by atoms with Gasteiger partial charge in [0.1, 0.15) is 12.4 Å². The van der Waals surface area contributed by atoms with Crippen LogP contribution in [0, 0.1) is 5.92 Å². The van der Waals surface area contributed by atoms with Gasteiger partial charge in [0, 0.05) is 45.2 Å². The van der Waals surface area contributed by atoms with Crippen molar-refractivity contribution in [2.24, 2.45) is 10.9 Å². The molecule has 0 aromatic heterocycles. The summed E-state index contributed by atoms with van der Waals surface area (Å²) >= 11 is 0. The van der Waals surface area contributed by atoms with Gasteiger partial charge in [0.15, 0.2) is 5.96 Å². The fourth-order valence-electron chi connectivity index (χ4n) is 4.17. The molecule has 0 radical (unpaired) electrons. The average Bonchev–Trinajstić information content (AvgIpc) is 3.43. The van der Waals surface area contributed by atoms with Gasteiger partial charge >= 0.3 is 0 Å². The summed E-state index contributed by atoms with van der Waals surface area (Å²) in [4.78, 5) is 21.1. The van der Waals surface area contributed by atoms with Crippen LogP contribution in [-0.2, 0) is 11.3 Å². The molecule has 7 nitrogen and oxygen atoms in total. The van der Waals surface area contributed by atoms with Crippen molar-refractivity contribution in [2.75, 3.05) is 47.4 Å². The van der Waals surface area contributed by atoms with E-state index in [1.807, 2.05) is 31.1 Å². The zero-order valence-electron chi connectivity index (χ0n) is 19.1. The molecule has 1 aliphatic carbocycles. The minimum atomic E-state index is 0. The van der Waals surface area contributed by atoms with E-state index in [1.54, 1.807) is 7.05 Å². The van der Waals surface area contributed by atoms with Crippen LogP contribution in [0.5, 0.6) is 5.75 Å². The number of aliphatic imine (C=N–C) groups is 1. The smallest absolute Gasteiger partial charge is 0.225 e. The molecule has 1 unspecified atom stereocenters. The van der Waals surface area contributed by atoms with E-state index in [0.29, 0.717) is 19.1 Å². The number of amides is 1. The van der Waals surface area contributed by atoms with Crippen LogP contribution in [-0.4, -0.2) is 75.1 Å². The van der Waals surface area contributed by atoms with Crippen LogP contribution in [0.2, 0.25) is 0 Å². The number of nitrogens with zero attached hydrogens (tertiary/aromatic N) is 3. The molecule has 31 heavy (non-hydrogen) atoms. The molecule has 1 heterocycles. The molecule has 2 fully saturated rings. The van der Waals surface area contributed by atoms with Crippen molar-refractivity contribution in [3.05, 3.63) is 29.8 Å². The lowest BCUT2D eigenvalue weighted by Crippen LogP contribution is -2.45. The number of ether oxygens (including phenoxy) is 1. The number of rotatable bonds is 8. The van der Waals surface area contributed by atoms with E-state index >= 15 is 0 Å². The number of carbonyl (C=O) groups is 1. The van der Waals surface area contributed by atoms with Gasteiger partial charge in [-0.15, -0.1) is 24.0 Å². The molecular weight excluding hydrogens is 505 g/mol. The lowest BCUT2D eigenvalue weighted by atomic mass is 10.1. The molecule has 1 saturated heterocycles. The minimum Gasteiger partial charge on any atom is -0.492 e. The number of hydrogen-bond acceptors (Lipinski definition) is 4. The third-order valence-corrected chi connectivity index (χ3v) is 5.93. The minimum absolute atomic E-state index is 0. The fraction of sp³-hybridized carbons (Fsp3) is 0.652. The third-order valence-electron chi connectivity index (χ3n) is 5.93. The molecule has 0 bridgehead atoms. The molecule has 3 rings (SSSR count). The van der Waals surface area contributed by atoms with E-state index in [2.05, 4.69) is 32.7 Å². The van der Waals surface area contributed by atoms with Crippen LogP contribution in [0.25, 0.3) is 0 Å². The summed E-state index contributed by atoms with van der Waals surface area (Å²) in [5.41, 5.74) is 1.14. The van der Waals surface area contributed by atoms with Crippen LogP contribution in [0.4, 0.5) is 0 Å². The number of likely N-dealkylation sites (N-methyl/N-ethyl adjacent to an activating group) is 1. The van der Waals surface area contributed by atoms with Crippen molar-refractivity contribution in [3.8, 4) is 5.75 Å². The largest absolute Gasteiger partial charge is 0.492 e. The van der Waals surface area contributed by atoms with Crippen molar-refractivity contribution < 1.29 is 9.53 Å². The Hall–Kier alpha value is -1.55. The molecule has 1 saturated carbocycles. The lowest BCUT2D eigenvalue weighted by Gasteiger charge is -2.21. The van der Waals surface area contributed by atoms with Gasteiger partial charge < -0.3 is 25.2 Å². The molecule has 1 atom stereocenters. The Morgan fingerprint density at radius 1 is 1.26 bits per heavy atom. The van der Waals surface area contributed by atoms with Crippen molar-refractivity contribution in [3.63, 3.8) is 0 Å². The van der Waals surface area contributed by atoms with Crippen molar-refractivity contribution in [2.45, 2.75) is 44.7 Å². The van der Waals surface area contributed by atoms with Gasteiger partial charge in [-0.1, -0.05) is 25.0 Å². The van der Waals surface area contributed by atoms with E-state index < -0.39 is 0 Å². The first kappa shape index (κ1) is 25.7. The second-order valence-electron chi connectivity index (χ2n) is 8.62. The highest BCUT2D eigenvalue weighted by molar-refractivity contribution is 14.0. The van der Waals surface area contributed by atoms with Gasteiger partial charge in [0.2, 0.25) is 5.91 Å². The van der Waals surface area contributed by atoms with E-state index in [0.717, 1.165) is 56.2 Å². The maximum absolute atomic E-state index is 12.6. The highest BCUT2D eigenvalue weighted by Gasteiger charge is 2.32. The maximum Gasteiger partial charge on any atom is 0.225 e. The topological polar surface area (TPSA) is 69.2 Å². The number of nitrogens with one attached hydrogen (secondary N) is 2. The van der Waals surface area contributed by atoms with Crippen molar-refractivity contribution in [1.82, 2.24) is 20.4 Å². The molecule has 0 spiro atoms. The number of carbonyl (C=O) groups excluding carboxylic acids is 1. The van der Waals surface area contributed by atoms with Crippen LogP contribution < -0.4 is 15.4 Å². The van der Waals surface area contributed by atoms with Gasteiger partial charge in [0.25, 0.3) is 0 Å². The number of hydrogen-bond donors (Lipinski definition) is 2. The summed E-state index contributed by atoms with van der Waals surface area (Å²) in [6.45, 7) is 3.84. The lowest BCUT2D eigenvalue weighted by molar-refractivity contribution is -0.134. The number of halogens is 1. The highest BCUT2D eigenvalue weighted by Crippen LogP contribution is 2.27. The quantitative estimate of drug-likeness (QED) is 0.300. The normalized spacial score (nSPS) is 19.4. The van der Waals surface area contributed by atoms with Gasteiger partial charge in [0.05, 0.1) is 0 Å². The summed E-state index contributed by atoms with van der Waals surface area (Å²) < 4.78 is 5.82. The number of likely N-dealkylation sites (tertiary alicyclic amines) is 1. The summed E-state index contributed by atoms with van der Waals surface area (Å²) in [5, 5.41) is 6.87. The van der Waals surface area contributed by atoms with Crippen LogP contribution in [0.3, 0.4) is 0 Å². The SMILES string of the molecule is CN=C(NCc1cccc(OCCN(C)C)c1)NC1CCN(C(=O)C2CCCC2)C1.I. The van der Waals surface area contributed by atoms with Crippen LogP contribution >= 0.6 is 24.0 Å². The van der Waals surface area contributed by atoms with E-state index in [-0.39, 0.29) is 35.9 Å². The number of guanidine groups is 1. The molecule has 174 valence electrons. The first-order valence-electron chi connectivity index (χ1n) is 11.2. The molecule has 1 amide bonds. The molecule has 1 aromatic rings. The van der Waals surface area contributed by atoms with Crippen molar-refractivity contribution in [1.29, 1.82) is 0 Å². The molecule has 2 aliphatic rings. The summed E-state index contributed by atoms with van der Waals surface area (Å²) in [7, 11) is 5.86. The molecule has 8 heteroatoms. The van der Waals surface area contributed by atoms with E-state index in [4.69, 9.17) is 4.74 Å². The van der Waals surface area contributed by atoms with Crippen molar-refractivity contribution >= 4 is 35.8 Å². The Labute approximate surface area is 204 Å². The fourth-order valence-corrected chi connectivity index (χ4v) is 4.17. The molecular formula is C23H38IN5O2. The second-order valence-corrected chi connectivity index (χ2v) is 8.62. The molecule has 1 aliphatic heterocycles. The second kappa shape index (κ2) is 13.1. The Morgan fingerprint density at radius 2 is 2.03 bits per heavy atom. The van der Waals surface area contributed by atoms with E-state index in [9.17, 15) is 4.79 Å². The predicted octanol–water partition coefficient (Wildman–Crippen LogP) is 2.70. The van der Waals surface area contributed by atoms with Gasteiger partial charge in [-0.05, 0) is 51.1 Å². The number of benzene rings is 1. The first-order chi connectivity index (χ1) is 14.5.